The predicted molar refractivity (Wildman–Crippen MR) is 119 cm³/mol. The van der Waals surface area contributed by atoms with E-state index in [0.717, 1.165) is 49.9 Å². The first-order chi connectivity index (χ1) is 14.7. The van der Waals surface area contributed by atoms with Crippen LogP contribution in [0.4, 0.5) is 16.0 Å². The first-order valence-corrected chi connectivity index (χ1v) is 12.1. The van der Waals surface area contributed by atoms with Crippen LogP contribution in [0.5, 0.6) is 0 Å². The summed E-state index contributed by atoms with van der Waals surface area (Å²) in [6.45, 7) is 7.32. The lowest BCUT2D eigenvalue weighted by Crippen LogP contribution is -2.49. The third-order valence-corrected chi connectivity index (χ3v) is 7.91. The van der Waals surface area contributed by atoms with E-state index < -0.39 is 15.8 Å². The maximum absolute atomic E-state index is 13.4. The minimum absolute atomic E-state index is 0.00239. The maximum atomic E-state index is 13.4. The molecule has 2 saturated heterocycles. The van der Waals surface area contributed by atoms with E-state index in [4.69, 9.17) is 11.6 Å². The predicted octanol–water partition coefficient (Wildman–Crippen LogP) is 1.84. The molecule has 168 valence electrons. The number of aromatic nitrogens is 2. The Balaban J connectivity index is 1.46. The van der Waals surface area contributed by atoms with Gasteiger partial charge in [-0.2, -0.15) is 4.31 Å². The van der Waals surface area contributed by atoms with Crippen molar-refractivity contribution in [2.45, 2.75) is 11.8 Å². The number of likely N-dealkylation sites (N-methyl/N-ethyl adjacent to an activating group) is 1. The molecule has 0 aliphatic carbocycles. The molecule has 2 aliphatic rings. The Bertz CT molecular complexity index is 1050. The Morgan fingerprint density at radius 3 is 2.00 bits per heavy atom. The molecule has 0 atom stereocenters. The van der Waals surface area contributed by atoms with Crippen LogP contribution in [0.15, 0.2) is 29.2 Å². The molecule has 3 heterocycles. The topological polar surface area (TPSA) is 72.9 Å². The van der Waals surface area contributed by atoms with Crippen LogP contribution in [-0.4, -0.2) is 87.0 Å². The second kappa shape index (κ2) is 8.85. The van der Waals surface area contributed by atoms with E-state index in [1.54, 1.807) is 0 Å². The number of hydrogen-bond acceptors (Lipinski definition) is 7. The first-order valence-electron chi connectivity index (χ1n) is 10.2. The van der Waals surface area contributed by atoms with E-state index in [0.29, 0.717) is 32.0 Å². The molecule has 0 radical (unpaired) electrons. The highest BCUT2D eigenvalue weighted by Crippen LogP contribution is 2.25. The van der Waals surface area contributed by atoms with Crippen molar-refractivity contribution in [3.8, 4) is 0 Å². The molecule has 2 aromatic rings. The van der Waals surface area contributed by atoms with Crippen molar-refractivity contribution >= 4 is 33.3 Å². The van der Waals surface area contributed by atoms with Gasteiger partial charge >= 0.3 is 0 Å². The molecule has 8 nitrogen and oxygen atoms in total. The van der Waals surface area contributed by atoms with E-state index in [1.165, 1.54) is 10.4 Å². The number of hydrogen-bond donors (Lipinski definition) is 0. The third kappa shape index (κ3) is 4.77. The standard InChI is InChI=1S/C20H26ClFN6O2S/c1-15-23-19(26-7-5-25(2)6-8-26)14-20(24-15)27-9-11-28(12-10-27)31(29,30)16-3-4-18(22)17(21)13-16/h3-4,13-14H,5-12H2,1-2H3. The zero-order chi connectivity index (χ0) is 22.2. The van der Waals surface area contributed by atoms with Gasteiger partial charge in [-0.05, 0) is 32.2 Å². The monoisotopic (exact) mass is 468 g/mol. The lowest BCUT2D eigenvalue weighted by molar-refractivity contribution is 0.312. The minimum Gasteiger partial charge on any atom is -0.354 e. The average molecular weight is 469 g/mol. The number of benzene rings is 1. The largest absolute Gasteiger partial charge is 0.354 e. The number of rotatable bonds is 4. The highest BCUT2D eigenvalue weighted by Gasteiger charge is 2.30. The summed E-state index contributed by atoms with van der Waals surface area (Å²) in [5.74, 6) is 1.78. The van der Waals surface area contributed by atoms with Crippen LogP contribution in [0.25, 0.3) is 0 Å². The van der Waals surface area contributed by atoms with Gasteiger partial charge in [0.25, 0.3) is 0 Å². The van der Waals surface area contributed by atoms with Crippen LogP contribution >= 0.6 is 11.6 Å². The van der Waals surface area contributed by atoms with Gasteiger partial charge in [0.15, 0.2) is 0 Å². The van der Waals surface area contributed by atoms with Crippen LogP contribution in [0.2, 0.25) is 5.02 Å². The number of aryl methyl sites for hydroxylation is 1. The number of halogens is 2. The molecule has 0 spiro atoms. The van der Waals surface area contributed by atoms with E-state index in [1.807, 2.05) is 13.0 Å². The van der Waals surface area contributed by atoms with Crippen molar-refractivity contribution in [2.24, 2.45) is 0 Å². The molecule has 31 heavy (non-hydrogen) atoms. The molecule has 2 aliphatic heterocycles. The lowest BCUT2D eigenvalue weighted by Gasteiger charge is -2.36. The Labute approximate surface area is 187 Å². The summed E-state index contributed by atoms with van der Waals surface area (Å²) in [7, 11) is -1.62. The van der Waals surface area contributed by atoms with E-state index in [2.05, 4.69) is 31.7 Å². The summed E-state index contributed by atoms with van der Waals surface area (Å²) in [6, 6.07) is 5.48. The number of anilines is 2. The van der Waals surface area contributed by atoms with Gasteiger partial charge in [0, 0.05) is 58.4 Å². The molecular weight excluding hydrogens is 443 g/mol. The fourth-order valence-electron chi connectivity index (χ4n) is 3.84. The molecule has 1 aromatic carbocycles. The second-order valence-electron chi connectivity index (χ2n) is 7.89. The normalized spacial score (nSPS) is 19.1. The second-order valence-corrected chi connectivity index (χ2v) is 10.2. The zero-order valence-corrected chi connectivity index (χ0v) is 19.2. The van der Waals surface area contributed by atoms with Gasteiger partial charge in [-0.15, -0.1) is 0 Å². The van der Waals surface area contributed by atoms with Gasteiger partial charge in [0.1, 0.15) is 23.3 Å². The molecule has 2 fully saturated rings. The molecule has 1 aromatic heterocycles. The van der Waals surface area contributed by atoms with Crippen molar-refractivity contribution in [3.05, 3.63) is 40.9 Å². The van der Waals surface area contributed by atoms with E-state index in [-0.39, 0.29) is 9.92 Å². The number of piperazine rings is 2. The third-order valence-electron chi connectivity index (χ3n) is 5.73. The highest BCUT2D eigenvalue weighted by atomic mass is 35.5. The fraction of sp³-hybridized carbons (Fsp3) is 0.500. The quantitative estimate of drug-likeness (QED) is 0.677. The summed E-state index contributed by atoms with van der Waals surface area (Å²) in [4.78, 5) is 15.8. The van der Waals surface area contributed by atoms with Crippen molar-refractivity contribution in [1.82, 2.24) is 19.2 Å². The van der Waals surface area contributed by atoms with Crippen LogP contribution in [0.1, 0.15) is 5.82 Å². The van der Waals surface area contributed by atoms with Gasteiger partial charge in [-0.3, -0.25) is 0 Å². The summed E-state index contributed by atoms with van der Waals surface area (Å²) in [5.41, 5.74) is 0. The zero-order valence-electron chi connectivity index (χ0n) is 17.6. The van der Waals surface area contributed by atoms with Gasteiger partial charge in [-0.1, -0.05) is 11.6 Å². The van der Waals surface area contributed by atoms with E-state index >= 15 is 0 Å². The molecule has 4 rings (SSSR count). The molecule has 0 unspecified atom stereocenters. The van der Waals surface area contributed by atoms with Gasteiger partial charge in [-0.25, -0.2) is 22.8 Å². The molecule has 0 N–H and O–H groups in total. The van der Waals surface area contributed by atoms with Gasteiger partial charge in [0.05, 0.1) is 9.92 Å². The van der Waals surface area contributed by atoms with Gasteiger partial charge < -0.3 is 14.7 Å². The Morgan fingerprint density at radius 2 is 1.45 bits per heavy atom. The summed E-state index contributed by atoms with van der Waals surface area (Å²) < 4.78 is 40.7. The van der Waals surface area contributed by atoms with E-state index in [9.17, 15) is 12.8 Å². The number of nitrogens with zero attached hydrogens (tertiary/aromatic N) is 6. The summed E-state index contributed by atoms with van der Waals surface area (Å²) in [6.07, 6.45) is 0. The Morgan fingerprint density at radius 1 is 0.903 bits per heavy atom. The summed E-state index contributed by atoms with van der Waals surface area (Å²) >= 11 is 5.78. The van der Waals surface area contributed by atoms with Crippen molar-refractivity contribution in [2.75, 3.05) is 69.2 Å². The lowest BCUT2D eigenvalue weighted by atomic mass is 10.3. The molecule has 0 amide bonds. The SMILES string of the molecule is Cc1nc(N2CCN(C)CC2)cc(N2CCN(S(=O)(=O)c3ccc(F)c(Cl)c3)CC2)n1. The van der Waals surface area contributed by atoms with Gasteiger partial charge in [0.2, 0.25) is 10.0 Å². The maximum Gasteiger partial charge on any atom is 0.243 e. The number of sulfonamides is 1. The highest BCUT2D eigenvalue weighted by molar-refractivity contribution is 7.89. The van der Waals surface area contributed by atoms with Crippen molar-refractivity contribution in [1.29, 1.82) is 0 Å². The molecular formula is C20H26ClFN6O2S. The Hall–Kier alpha value is -2.01. The van der Waals surface area contributed by atoms with Crippen LogP contribution in [-0.2, 0) is 10.0 Å². The van der Waals surface area contributed by atoms with Crippen molar-refractivity contribution < 1.29 is 12.8 Å². The smallest absolute Gasteiger partial charge is 0.243 e. The minimum atomic E-state index is -3.74. The van der Waals surface area contributed by atoms with Crippen LogP contribution in [0, 0.1) is 12.7 Å². The average Bonchev–Trinajstić information content (AvgIpc) is 2.75. The first kappa shape index (κ1) is 22.2. The van der Waals surface area contributed by atoms with Crippen molar-refractivity contribution in [3.63, 3.8) is 0 Å². The molecule has 11 heteroatoms. The fourth-order valence-corrected chi connectivity index (χ4v) is 5.53. The molecule has 0 saturated carbocycles. The summed E-state index contributed by atoms with van der Waals surface area (Å²) in [5, 5.41) is -0.201. The van der Waals surface area contributed by atoms with Crippen LogP contribution < -0.4 is 9.80 Å². The molecule has 0 bridgehead atoms. The van der Waals surface area contributed by atoms with Crippen LogP contribution in [0.3, 0.4) is 0 Å². The Kier molecular flexibility index (Phi) is 6.34.